The van der Waals surface area contributed by atoms with E-state index in [1.54, 1.807) is 38.1 Å². The highest BCUT2D eigenvalue weighted by Crippen LogP contribution is 2.26. The molecule has 1 N–H and O–H groups in total. The summed E-state index contributed by atoms with van der Waals surface area (Å²) < 4.78 is 13.8. The third-order valence-electron chi connectivity index (χ3n) is 3.15. The standard InChI is InChI=1S/C16H14Cl2FNO/c1-9-3-5-13(15(19)7-9)16(21)20-10(2)12-6-4-11(17)8-14(12)18/h3-8,10H,1-2H3,(H,20,21). The van der Waals surface area contributed by atoms with E-state index in [0.717, 1.165) is 11.1 Å². The smallest absolute Gasteiger partial charge is 0.254 e. The van der Waals surface area contributed by atoms with Crippen LogP contribution in [0.2, 0.25) is 10.0 Å². The fourth-order valence-electron chi connectivity index (χ4n) is 2.01. The summed E-state index contributed by atoms with van der Waals surface area (Å²) >= 11 is 11.9. The number of amides is 1. The predicted molar refractivity (Wildman–Crippen MR) is 83.5 cm³/mol. The molecule has 0 bridgehead atoms. The maximum Gasteiger partial charge on any atom is 0.254 e. The van der Waals surface area contributed by atoms with E-state index in [-0.39, 0.29) is 11.6 Å². The Balaban J connectivity index is 2.18. The van der Waals surface area contributed by atoms with Crippen molar-refractivity contribution in [1.82, 2.24) is 5.32 Å². The normalized spacial score (nSPS) is 12.0. The number of aryl methyl sites for hydroxylation is 1. The van der Waals surface area contributed by atoms with Crippen LogP contribution in [-0.2, 0) is 0 Å². The Morgan fingerprint density at radius 3 is 2.52 bits per heavy atom. The lowest BCUT2D eigenvalue weighted by Gasteiger charge is -2.16. The van der Waals surface area contributed by atoms with Crippen molar-refractivity contribution in [3.05, 3.63) is 69.0 Å². The van der Waals surface area contributed by atoms with Gasteiger partial charge in [0.2, 0.25) is 0 Å². The van der Waals surface area contributed by atoms with E-state index in [1.807, 2.05) is 0 Å². The Labute approximate surface area is 132 Å². The van der Waals surface area contributed by atoms with Crippen LogP contribution in [0.4, 0.5) is 4.39 Å². The van der Waals surface area contributed by atoms with Gasteiger partial charge in [-0.15, -0.1) is 0 Å². The van der Waals surface area contributed by atoms with E-state index in [2.05, 4.69) is 5.32 Å². The quantitative estimate of drug-likeness (QED) is 0.851. The van der Waals surface area contributed by atoms with Crippen LogP contribution in [0.3, 0.4) is 0 Å². The monoisotopic (exact) mass is 325 g/mol. The number of carbonyl (C=O) groups excluding carboxylic acids is 1. The zero-order chi connectivity index (χ0) is 15.6. The van der Waals surface area contributed by atoms with Crippen LogP contribution in [-0.4, -0.2) is 5.91 Å². The molecule has 0 fully saturated rings. The van der Waals surface area contributed by atoms with E-state index >= 15 is 0 Å². The van der Waals surface area contributed by atoms with Gasteiger partial charge in [-0.1, -0.05) is 35.3 Å². The third kappa shape index (κ3) is 3.74. The Morgan fingerprint density at radius 1 is 1.19 bits per heavy atom. The van der Waals surface area contributed by atoms with E-state index in [9.17, 15) is 9.18 Å². The summed E-state index contributed by atoms with van der Waals surface area (Å²) in [7, 11) is 0. The van der Waals surface area contributed by atoms with Gasteiger partial charge in [0.25, 0.3) is 5.91 Å². The summed E-state index contributed by atoms with van der Waals surface area (Å²) in [4.78, 5) is 12.1. The zero-order valence-electron chi connectivity index (χ0n) is 11.6. The van der Waals surface area contributed by atoms with Gasteiger partial charge in [0.1, 0.15) is 5.82 Å². The number of hydrogen-bond acceptors (Lipinski definition) is 1. The molecule has 1 atom stereocenters. The van der Waals surface area contributed by atoms with Crippen molar-refractivity contribution in [2.75, 3.05) is 0 Å². The molecular weight excluding hydrogens is 312 g/mol. The summed E-state index contributed by atoms with van der Waals surface area (Å²) in [5.41, 5.74) is 1.50. The molecule has 0 spiro atoms. The minimum Gasteiger partial charge on any atom is -0.345 e. The van der Waals surface area contributed by atoms with Gasteiger partial charge in [-0.3, -0.25) is 4.79 Å². The lowest BCUT2D eigenvalue weighted by molar-refractivity contribution is 0.0936. The zero-order valence-corrected chi connectivity index (χ0v) is 13.1. The summed E-state index contributed by atoms with van der Waals surface area (Å²) in [6.07, 6.45) is 0. The highest BCUT2D eigenvalue weighted by Gasteiger charge is 2.16. The largest absolute Gasteiger partial charge is 0.345 e. The SMILES string of the molecule is Cc1ccc(C(=O)NC(C)c2ccc(Cl)cc2Cl)c(F)c1. The minimum absolute atomic E-state index is 0.0116. The molecule has 0 saturated heterocycles. The van der Waals surface area contributed by atoms with Crippen LogP contribution in [0.1, 0.15) is 34.5 Å². The molecule has 21 heavy (non-hydrogen) atoms. The van der Waals surface area contributed by atoms with Gasteiger partial charge in [0, 0.05) is 10.0 Å². The average molecular weight is 326 g/mol. The minimum atomic E-state index is -0.540. The lowest BCUT2D eigenvalue weighted by atomic mass is 10.1. The fraction of sp³-hybridized carbons (Fsp3) is 0.188. The van der Waals surface area contributed by atoms with E-state index in [4.69, 9.17) is 23.2 Å². The first-order valence-corrected chi connectivity index (χ1v) is 7.16. The van der Waals surface area contributed by atoms with Crippen molar-refractivity contribution in [3.8, 4) is 0 Å². The number of carbonyl (C=O) groups is 1. The summed E-state index contributed by atoms with van der Waals surface area (Å²) in [6, 6.07) is 9.16. The summed E-state index contributed by atoms with van der Waals surface area (Å²) in [6.45, 7) is 3.54. The second kappa shape index (κ2) is 6.46. The van der Waals surface area contributed by atoms with Crippen molar-refractivity contribution in [1.29, 1.82) is 0 Å². The Bertz CT molecular complexity index is 688. The molecule has 0 aromatic heterocycles. The molecular formula is C16H14Cl2FNO. The van der Waals surface area contributed by atoms with Crippen LogP contribution in [0.25, 0.3) is 0 Å². The van der Waals surface area contributed by atoms with Crippen LogP contribution in [0.15, 0.2) is 36.4 Å². The topological polar surface area (TPSA) is 29.1 Å². The van der Waals surface area contributed by atoms with Crippen LogP contribution < -0.4 is 5.32 Å². The third-order valence-corrected chi connectivity index (χ3v) is 3.71. The Hall–Kier alpha value is -1.58. The molecule has 0 heterocycles. The molecule has 2 rings (SSSR count). The molecule has 0 aliphatic heterocycles. The predicted octanol–water partition coefficient (Wildman–Crippen LogP) is 4.93. The molecule has 1 amide bonds. The van der Waals surface area contributed by atoms with Crippen LogP contribution in [0.5, 0.6) is 0 Å². The summed E-state index contributed by atoms with van der Waals surface area (Å²) in [5.74, 6) is -1.02. The molecule has 0 aliphatic rings. The maximum absolute atomic E-state index is 13.8. The second-order valence-electron chi connectivity index (χ2n) is 4.84. The number of halogens is 3. The van der Waals surface area contributed by atoms with Crippen molar-refractivity contribution in [2.45, 2.75) is 19.9 Å². The van der Waals surface area contributed by atoms with E-state index < -0.39 is 11.7 Å². The average Bonchev–Trinajstić information content (AvgIpc) is 2.37. The maximum atomic E-state index is 13.8. The van der Waals surface area contributed by atoms with E-state index in [0.29, 0.717) is 10.0 Å². The molecule has 0 aliphatic carbocycles. The van der Waals surface area contributed by atoms with Gasteiger partial charge < -0.3 is 5.32 Å². The Kier molecular flexibility index (Phi) is 4.86. The van der Waals surface area contributed by atoms with Crippen molar-refractivity contribution >= 4 is 29.1 Å². The van der Waals surface area contributed by atoms with E-state index in [1.165, 1.54) is 12.1 Å². The van der Waals surface area contributed by atoms with Gasteiger partial charge in [0.05, 0.1) is 11.6 Å². The summed E-state index contributed by atoms with van der Waals surface area (Å²) in [5, 5.41) is 3.70. The highest BCUT2D eigenvalue weighted by atomic mass is 35.5. The lowest BCUT2D eigenvalue weighted by Crippen LogP contribution is -2.27. The molecule has 110 valence electrons. The molecule has 2 aromatic carbocycles. The number of rotatable bonds is 3. The van der Waals surface area contributed by atoms with Crippen molar-refractivity contribution < 1.29 is 9.18 Å². The van der Waals surface area contributed by atoms with Crippen molar-refractivity contribution in [2.24, 2.45) is 0 Å². The van der Waals surface area contributed by atoms with Gasteiger partial charge in [-0.25, -0.2) is 4.39 Å². The number of nitrogens with one attached hydrogen (secondary N) is 1. The molecule has 0 radical (unpaired) electrons. The van der Waals surface area contributed by atoms with Gasteiger partial charge in [-0.2, -0.15) is 0 Å². The van der Waals surface area contributed by atoms with Gasteiger partial charge in [-0.05, 0) is 49.2 Å². The molecule has 5 heteroatoms. The first-order valence-electron chi connectivity index (χ1n) is 6.40. The fourth-order valence-corrected chi connectivity index (χ4v) is 2.58. The van der Waals surface area contributed by atoms with Gasteiger partial charge >= 0.3 is 0 Å². The number of hydrogen-bond donors (Lipinski definition) is 1. The molecule has 2 nitrogen and oxygen atoms in total. The Morgan fingerprint density at radius 2 is 1.90 bits per heavy atom. The second-order valence-corrected chi connectivity index (χ2v) is 5.69. The first-order chi connectivity index (χ1) is 9.88. The molecule has 1 unspecified atom stereocenters. The van der Waals surface area contributed by atoms with Gasteiger partial charge in [0.15, 0.2) is 0 Å². The first kappa shape index (κ1) is 15.8. The molecule has 0 saturated carbocycles. The van der Waals surface area contributed by atoms with Crippen LogP contribution in [0, 0.1) is 12.7 Å². The molecule has 2 aromatic rings. The highest BCUT2D eigenvalue weighted by molar-refractivity contribution is 6.35. The number of benzene rings is 2. The van der Waals surface area contributed by atoms with Crippen LogP contribution >= 0.6 is 23.2 Å². The van der Waals surface area contributed by atoms with Crippen molar-refractivity contribution in [3.63, 3.8) is 0 Å².